The topological polar surface area (TPSA) is 88.6 Å². The number of nitrogens with one attached hydrogen (secondary N) is 1. The second-order valence-corrected chi connectivity index (χ2v) is 11.3. The summed E-state index contributed by atoms with van der Waals surface area (Å²) in [5, 5.41) is 5.56. The zero-order chi connectivity index (χ0) is 24.1. The molecule has 0 saturated carbocycles. The molecular formula is C25H29N3O4S2. The quantitative estimate of drug-likeness (QED) is 0.474. The first kappa shape index (κ1) is 24.4. The molecule has 1 aromatic heterocycles. The standard InChI is InChI=1S/C25H29N3O4S2/c1-18(2)32-23-12-11-21(34(30,31)28-13-7-4-8-14-28)16-22(23)27-24(29)15-20-17-33-25(26-20)19-9-5-3-6-10-19/h3,5-6,9-12,16-18H,4,7-8,13-15H2,1-2H3,(H,27,29). The Morgan fingerprint density at radius 2 is 1.85 bits per heavy atom. The maximum atomic E-state index is 13.2. The number of piperidine rings is 1. The van der Waals surface area contributed by atoms with E-state index in [2.05, 4.69) is 10.3 Å². The number of aromatic nitrogens is 1. The van der Waals surface area contributed by atoms with E-state index >= 15 is 0 Å². The number of rotatable bonds is 8. The highest BCUT2D eigenvalue weighted by Crippen LogP contribution is 2.31. The fraction of sp³-hybridized carbons (Fsp3) is 0.360. The fourth-order valence-electron chi connectivity index (χ4n) is 3.84. The van der Waals surface area contributed by atoms with E-state index in [1.54, 1.807) is 12.1 Å². The van der Waals surface area contributed by atoms with Crippen molar-refractivity contribution in [3.63, 3.8) is 0 Å². The molecule has 34 heavy (non-hydrogen) atoms. The Hall–Kier alpha value is -2.75. The van der Waals surface area contributed by atoms with Crippen molar-refractivity contribution in [1.82, 2.24) is 9.29 Å². The molecule has 0 radical (unpaired) electrons. The minimum absolute atomic E-state index is 0.0769. The summed E-state index contributed by atoms with van der Waals surface area (Å²) in [5.74, 6) is 0.148. The van der Waals surface area contributed by atoms with E-state index in [0.717, 1.165) is 29.8 Å². The summed E-state index contributed by atoms with van der Waals surface area (Å²) < 4.78 is 33.7. The maximum absolute atomic E-state index is 13.2. The summed E-state index contributed by atoms with van der Waals surface area (Å²) in [5.41, 5.74) is 2.00. The lowest BCUT2D eigenvalue weighted by Gasteiger charge is -2.26. The Labute approximate surface area is 204 Å². The van der Waals surface area contributed by atoms with Crippen LogP contribution in [-0.4, -0.2) is 42.8 Å². The third-order valence-corrected chi connectivity index (χ3v) is 8.29. The Morgan fingerprint density at radius 1 is 1.12 bits per heavy atom. The van der Waals surface area contributed by atoms with Gasteiger partial charge in [-0.2, -0.15) is 4.31 Å². The molecule has 1 aliphatic heterocycles. The van der Waals surface area contributed by atoms with Crippen molar-refractivity contribution in [2.24, 2.45) is 0 Å². The Balaban J connectivity index is 1.54. The summed E-state index contributed by atoms with van der Waals surface area (Å²) in [6.07, 6.45) is 2.70. The molecule has 1 amide bonds. The van der Waals surface area contributed by atoms with E-state index in [-0.39, 0.29) is 23.3 Å². The average molecular weight is 500 g/mol. The van der Waals surface area contributed by atoms with Crippen LogP contribution in [0.25, 0.3) is 10.6 Å². The monoisotopic (exact) mass is 499 g/mol. The summed E-state index contributed by atoms with van der Waals surface area (Å²) in [7, 11) is -3.64. The molecule has 0 aliphatic carbocycles. The van der Waals surface area contributed by atoms with Gasteiger partial charge in [0.05, 0.1) is 28.8 Å². The predicted octanol–water partition coefficient (Wildman–Crippen LogP) is 4.95. The molecule has 180 valence electrons. The van der Waals surface area contributed by atoms with Crippen molar-refractivity contribution >= 4 is 33.0 Å². The average Bonchev–Trinajstić information content (AvgIpc) is 3.29. The molecule has 2 aromatic carbocycles. The predicted molar refractivity (Wildman–Crippen MR) is 135 cm³/mol. The van der Waals surface area contributed by atoms with Gasteiger partial charge >= 0.3 is 0 Å². The molecular weight excluding hydrogens is 470 g/mol. The number of sulfonamides is 1. The van der Waals surface area contributed by atoms with Gasteiger partial charge in [-0.25, -0.2) is 13.4 Å². The lowest BCUT2D eigenvalue weighted by Crippen LogP contribution is -2.35. The van der Waals surface area contributed by atoms with Gasteiger partial charge in [0.15, 0.2) is 0 Å². The van der Waals surface area contributed by atoms with Crippen LogP contribution in [0.4, 0.5) is 5.69 Å². The first-order chi connectivity index (χ1) is 16.3. The second-order valence-electron chi connectivity index (χ2n) is 8.52. The molecule has 1 fully saturated rings. The normalized spacial score (nSPS) is 14.8. The highest BCUT2D eigenvalue weighted by Gasteiger charge is 2.27. The second kappa shape index (κ2) is 10.7. The Morgan fingerprint density at radius 3 is 2.56 bits per heavy atom. The van der Waals surface area contributed by atoms with Crippen molar-refractivity contribution in [2.75, 3.05) is 18.4 Å². The van der Waals surface area contributed by atoms with E-state index in [1.807, 2.05) is 49.6 Å². The summed E-state index contributed by atoms with van der Waals surface area (Å²) in [4.78, 5) is 17.6. The molecule has 0 atom stereocenters. The number of hydrogen-bond donors (Lipinski definition) is 1. The summed E-state index contributed by atoms with van der Waals surface area (Å²) in [6, 6.07) is 14.5. The van der Waals surface area contributed by atoms with Gasteiger partial charge in [-0.3, -0.25) is 4.79 Å². The van der Waals surface area contributed by atoms with E-state index in [4.69, 9.17) is 4.74 Å². The molecule has 4 rings (SSSR count). The van der Waals surface area contributed by atoms with Crippen molar-refractivity contribution in [1.29, 1.82) is 0 Å². The molecule has 2 heterocycles. The zero-order valence-corrected chi connectivity index (χ0v) is 21.0. The minimum atomic E-state index is -3.64. The molecule has 1 saturated heterocycles. The first-order valence-corrected chi connectivity index (χ1v) is 13.8. The van der Waals surface area contributed by atoms with Gasteiger partial charge in [0.25, 0.3) is 0 Å². The van der Waals surface area contributed by atoms with Crippen LogP contribution in [0, 0.1) is 0 Å². The minimum Gasteiger partial charge on any atom is -0.489 e. The number of thiazole rings is 1. The number of carbonyl (C=O) groups is 1. The van der Waals surface area contributed by atoms with E-state index in [1.165, 1.54) is 21.7 Å². The van der Waals surface area contributed by atoms with Crippen LogP contribution >= 0.6 is 11.3 Å². The molecule has 3 aromatic rings. The lowest BCUT2D eigenvalue weighted by molar-refractivity contribution is -0.115. The molecule has 0 unspecified atom stereocenters. The number of carbonyl (C=O) groups excluding carboxylic acids is 1. The largest absolute Gasteiger partial charge is 0.489 e. The van der Waals surface area contributed by atoms with Gasteiger partial charge in [0.1, 0.15) is 10.8 Å². The highest BCUT2D eigenvalue weighted by atomic mass is 32.2. The van der Waals surface area contributed by atoms with Crippen LogP contribution in [0.1, 0.15) is 38.8 Å². The fourth-order valence-corrected chi connectivity index (χ4v) is 6.21. The number of benzene rings is 2. The van der Waals surface area contributed by atoms with E-state index < -0.39 is 10.0 Å². The molecule has 1 aliphatic rings. The molecule has 0 spiro atoms. The van der Waals surface area contributed by atoms with Gasteiger partial charge in [0, 0.05) is 24.0 Å². The van der Waals surface area contributed by atoms with Crippen LogP contribution in [-0.2, 0) is 21.2 Å². The van der Waals surface area contributed by atoms with Crippen LogP contribution < -0.4 is 10.1 Å². The highest BCUT2D eigenvalue weighted by molar-refractivity contribution is 7.89. The molecule has 9 heteroatoms. The van der Waals surface area contributed by atoms with Crippen molar-refractivity contribution < 1.29 is 17.9 Å². The molecule has 0 bridgehead atoms. The van der Waals surface area contributed by atoms with Gasteiger partial charge < -0.3 is 10.1 Å². The summed E-state index contributed by atoms with van der Waals surface area (Å²) in [6.45, 7) is 4.79. The van der Waals surface area contributed by atoms with E-state index in [0.29, 0.717) is 30.2 Å². The van der Waals surface area contributed by atoms with Gasteiger partial charge in [-0.05, 0) is 44.9 Å². The Kier molecular flexibility index (Phi) is 7.65. The van der Waals surface area contributed by atoms with Crippen molar-refractivity contribution in [3.05, 3.63) is 59.6 Å². The van der Waals surface area contributed by atoms with Crippen LogP contribution in [0.15, 0.2) is 58.8 Å². The Bertz CT molecular complexity index is 1230. The molecule has 1 N–H and O–H groups in total. The van der Waals surface area contributed by atoms with E-state index in [9.17, 15) is 13.2 Å². The van der Waals surface area contributed by atoms with Gasteiger partial charge in [-0.15, -0.1) is 11.3 Å². The van der Waals surface area contributed by atoms with Crippen LogP contribution in [0.5, 0.6) is 5.75 Å². The number of amides is 1. The third kappa shape index (κ3) is 5.84. The number of nitrogens with zero attached hydrogens (tertiary/aromatic N) is 2. The molecule has 7 nitrogen and oxygen atoms in total. The zero-order valence-electron chi connectivity index (χ0n) is 19.4. The van der Waals surface area contributed by atoms with Crippen LogP contribution in [0.2, 0.25) is 0 Å². The summed E-state index contributed by atoms with van der Waals surface area (Å²) >= 11 is 1.48. The lowest BCUT2D eigenvalue weighted by atomic mass is 10.2. The first-order valence-electron chi connectivity index (χ1n) is 11.4. The maximum Gasteiger partial charge on any atom is 0.243 e. The van der Waals surface area contributed by atoms with Crippen molar-refractivity contribution in [2.45, 2.75) is 50.5 Å². The number of ether oxygens (including phenoxy) is 1. The van der Waals surface area contributed by atoms with Gasteiger partial charge in [-0.1, -0.05) is 36.8 Å². The number of anilines is 1. The van der Waals surface area contributed by atoms with Crippen molar-refractivity contribution in [3.8, 4) is 16.3 Å². The third-order valence-electron chi connectivity index (χ3n) is 5.45. The smallest absolute Gasteiger partial charge is 0.243 e. The van der Waals surface area contributed by atoms with Crippen LogP contribution in [0.3, 0.4) is 0 Å². The van der Waals surface area contributed by atoms with Gasteiger partial charge in [0.2, 0.25) is 15.9 Å². The SMILES string of the molecule is CC(C)Oc1ccc(S(=O)(=O)N2CCCCC2)cc1NC(=O)Cc1csc(-c2ccccc2)n1. The number of hydrogen-bond acceptors (Lipinski definition) is 6.